The third-order valence-corrected chi connectivity index (χ3v) is 7.04. The average Bonchev–Trinajstić information content (AvgIpc) is 3.38. The van der Waals surface area contributed by atoms with Crippen molar-refractivity contribution in [1.82, 2.24) is 14.6 Å². The lowest BCUT2D eigenvalue weighted by molar-refractivity contribution is -0.142. The van der Waals surface area contributed by atoms with E-state index in [1.54, 1.807) is 0 Å². The molecule has 1 amide bonds. The number of carbonyl (C=O) groups excluding carboxylic acids is 1. The Hall–Kier alpha value is -4.37. The Labute approximate surface area is 225 Å². The number of nitrogens with zero attached hydrogens (tertiary/aromatic N) is 3. The molecule has 0 bridgehead atoms. The van der Waals surface area contributed by atoms with Crippen LogP contribution in [0.25, 0.3) is 16.9 Å². The minimum absolute atomic E-state index is 0.114. The van der Waals surface area contributed by atoms with Gasteiger partial charge >= 0.3 is 18.1 Å². The van der Waals surface area contributed by atoms with Crippen molar-refractivity contribution in [3.05, 3.63) is 56.7 Å². The highest BCUT2D eigenvalue weighted by atomic mass is 35.5. The van der Waals surface area contributed by atoms with E-state index in [0.29, 0.717) is 27.7 Å². The predicted octanol–water partition coefficient (Wildman–Crippen LogP) is 5.10. The molecule has 0 aliphatic heterocycles. The number of amides is 1. The largest absolute Gasteiger partial charge is 0.493 e. The molecule has 204 valence electrons. The molecule has 0 saturated heterocycles. The molecule has 4 rings (SSSR count). The Bertz CT molecular complexity index is 1670. The smallest absolute Gasteiger partial charge is 0.433 e. The van der Waals surface area contributed by atoms with Gasteiger partial charge in [-0.15, -0.1) is 11.3 Å². The summed E-state index contributed by atoms with van der Waals surface area (Å²) in [5, 5.41) is 23.8. The molecule has 0 aliphatic carbocycles. The second-order valence-corrected chi connectivity index (χ2v) is 9.22. The summed E-state index contributed by atoms with van der Waals surface area (Å²) in [6, 6.07) is 5.04. The second-order valence-electron chi connectivity index (χ2n) is 7.82. The van der Waals surface area contributed by atoms with Crippen LogP contribution in [0.2, 0.25) is 5.02 Å². The molecule has 0 unspecified atom stereocenters. The fraction of sp³-hybridized carbons (Fsp3) is 0.174. The number of hydrogen-bond acceptors (Lipinski definition) is 8. The molecular formula is C23H16ClF3N4O7S. The van der Waals surface area contributed by atoms with E-state index in [9.17, 15) is 37.8 Å². The van der Waals surface area contributed by atoms with Crippen LogP contribution in [0.5, 0.6) is 11.5 Å². The quantitative estimate of drug-likeness (QED) is 0.269. The van der Waals surface area contributed by atoms with Crippen LogP contribution >= 0.6 is 22.9 Å². The highest BCUT2D eigenvalue weighted by Gasteiger charge is 2.37. The Morgan fingerprint density at radius 1 is 1.08 bits per heavy atom. The predicted molar refractivity (Wildman–Crippen MR) is 132 cm³/mol. The van der Waals surface area contributed by atoms with Gasteiger partial charge in [-0.2, -0.15) is 18.3 Å². The van der Waals surface area contributed by atoms with Gasteiger partial charge in [0.2, 0.25) is 0 Å². The number of aromatic nitrogens is 3. The van der Waals surface area contributed by atoms with Gasteiger partial charge in [-0.05, 0) is 36.8 Å². The zero-order valence-corrected chi connectivity index (χ0v) is 21.6. The maximum absolute atomic E-state index is 14.0. The van der Waals surface area contributed by atoms with E-state index in [-0.39, 0.29) is 32.4 Å². The number of anilines is 1. The fourth-order valence-electron chi connectivity index (χ4n) is 3.71. The monoisotopic (exact) mass is 584 g/mol. The van der Waals surface area contributed by atoms with E-state index < -0.39 is 51.6 Å². The number of nitrogens with one attached hydrogen (secondary N) is 1. The van der Waals surface area contributed by atoms with Crippen molar-refractivity contribution in [2.75, 3.05) is 19.5 Å². The van der Waals surface area contributed by atoms with Crippen molar-refractivity contribution in [3.63, 3.8) is 0 Å². The number of fused-ring (bicyclic) bond motifs is 1. The maximum atomic E-state index is 14.0. The summed E-state index contributed by atoms with van der Waals surface area (Å²) in [4.78, 5) is 39.9. The number of halogens is 4. The van der Waals surface area contributed by atoms with Gasteiger partial charge in [0.05, 0.1) is 25.5 Å². The molecule has 0 radical (unpaired) electrons. The summed E-state index contributed by atoms with van der Waals surface area (Å²) in [6.45, 7) is 1.24. The number of benzene rings is 1. The summed E-state index contributed by atoms with van der Waals surface area (Å²) in [7, 11) is 2.74. The number of hydrogen-bond donors (Lipinski definition) is 3. The third kappa shape index (κ3) is 4.93. The lowest BCUT2D eigenvalue weighted by Crippen LogP contribution is -2.16. The minimum atomic E-state index is -4.95. The first-order valence-electron chi connectivity index (χ1n) is 10.6. The summed E-state index contributed by atoms with van der Waals surface area (Å²) in [5.41, 5.74) is -3.06. The molecule has 0 fully saturated rings. The molecule has 11 nitrogen and oxygen atoms in total. The molecule has 3 heterocycles. The van der Waals surface area contributed by atoms with Crippen LogP contribution in [0.3, 0.4) is 0 Å². The second kappa shape index (κ2) is 10.1. The zero-order valence-electron chi connectivity index (χ0n) is 20.0. The highest BCUT2D eigenvalue weighted by Crippen LogP contribution is 2.38. The molecule has 0 spiro atoms. The normalized spacial score (nSPS) is 11.5. The van der Waals surface area contributed by atoms with Crippen LogP contribution in [-0.4, -0.2) is 56.9 Å². The van der Waals surface area contributed by atoms with Gasteiger partial charge < -0.3 is 25.0 Å². The van der Waals surface area contributed by atoms with Crippen molar-refractivity contribution >= 4 is 51.4 Å². The van der Waals surface area contributed by atoms with Gasteiger partial charge in [-0.1, -0.05) is 11.6 Å². The Balaban J connectivity index is 1.86. The van der Waals surface area contributed by atoms with Crippen molar-refractivity contribution in [3.8, 4) is 22.8 Å². The van der Waals surface area contributed by atoms with Crippen LogP contribution in [0.1, 0.15) is 41.8 Å². The molecular weight excluding hydrogens is 569 g/mol. The summed E-state index contributed by atoms with van der Waals surface area (Å²) < 4.78 is 52.8. The Morgan fingerprint density at radius 2 is 1.74 bits per heavy atom. The average molecular weight is 585 g/mol. The first-order chi connectivity index (χ1) is 18.3. The van der Waals surface area contributed by atoms with Gasteiger partial charge in [0.1, 0.15) is 14.9 Å². The van der Waals surface area contributed by atoms with Gasteiger partial charge in [-0.3, -0.25) is 4.79 Å². The van der Waals surface area contributed by atoms with Gasteiger partial charge in [0.15, 0.2) is 28.5 Å². The van der Waals surface area contributed by atoms with Crippen LogP contribution in [0.4, 0.5) is 18.2 Å². The van der Waals surface area contributed by atoms with Gasteiger partial charge in [0, 0.05) is 5.56 Å². The van der Waals surface area contributed by atoms with E-state index in [0.717, 1.165) is 0 Å². The number of methoxy groups -OCH3 is 2. The van der Waals surface area contributed by atoms with Crippen LogP contribution in [-0.2, 0) is 6.18 Å². The van der Waals surface area contributed by atoms with Crippen LogP contribution in [0, 0.1) is 6.92 Å². The molecule has 1 aromatic carbocycles. The number of carboxylic acids is 2. The van der Waals surface area contributed by atoms with E-state index in [2.05, 4.69) is 15.4 Å². The SMILES string of the molecule is COc1ccc(-c2cc(C(F)(F)F)n3nc(C(=O)Nc4sc(C(=O)O)c(C)c4C(=O)O)c(Cl)c3n2)cc1OC. The first-order valence-corrected chi connectivity index (χ1v) is 11.8. The Kier molecular flexibility index (Phi) is 7.14. The minimum Gasteiger partial charge on any atom is -0.493 e. The van der Waals surface area contributed by atoms with E-state index in [1.807, 2.05) is 0 Å². The standard InChI is InChI=1S/C23H16ClF3N4O7S/c1-8-14(21(33)34)20(39-17(8)22(35)36)29-19(32)16-15(24)18-28-10(7-13(23(25,26)27)31(18)30-16)9-4-5-11(37-2)12(6-9)38-3/h4-7H,1-3H3,(H,29,32)(H,33,34)(H,35,36). The van der Waals surface area contributed by atoms with E-state index in [1.165, 1.54) is 39.3 Å². The summed E-state index contributed by atoms with van der Waals surface area (Å²) in [6.07, 6.45) is -4.95. The maximum Gasteiger partial charge on any atom is 0.433 e. The lowest BCUT2D eigenvalue weighted by atomic mass is 10.1. The highest BCUT2D eigenvalue weighted by molar-refractivity contribution is 7.18. The molecule has 4 aromatic rings. The van der Waals surface area contributed by atoms with Crippen molar-refractivity contribution in [1.29, 1.82) is 0 Å². The molecule has 39 heavy (non-hydrogen) atoms. The van der Waals surface area contributed by atoms with Crippen LogP contribution < -0.4 is 14.8 Å². The molecule has 16 heteroatoms. The summed E-state index contributed by atoms with van der Waals surface area (Å²) >= 11 is 6.73. The molecule has 0 aliphatic rings. The number of carboxylic acid groups (broad SMARTS) is 2. The fourth-order valence-corrected chi connectivity index (χ4v) is 4.99. The molecule has 3 aromatic heterocycles. The number of thiophene rings is 1. The molecule has 0 saturated carbocycles. The van der Waals surface area contributed by atoms with E-state index >= 15 is 0 Å². The van der Waals surface area contributed by atoms with Crippen molar-refractivity contribution < 1.29 is 47.2 Å². The first kappa shape index (κ1) is 27.7. The number of ether oxygens (including phenoxy) is 2. The number of carbonyl (C=O) groups is 3. The number of rotatable bonds is 7. The number of aromatic carboxylic acids is 2. The molecule has 0 atom stereocenters. The van der Waals surface area contributed by atoms with Crippen molar-refractivity contribution in [2.45, 2.75) is 13.1 Å². The molecule has 3 N–H and O–H groups in total. The van der Waals surface area contributed by atoms with E-state index in [4.69, 9.17) is 21.1 Å². The Morgan fingerprint density at radius 3 is 2.31 bits per heavy atom. The third-order valence-electron chi connectivity index (χ3n) is 5.50. The van der Waals surface area contributed by atoms with Gasteiger partial charge in [-0.25, -0.2) is 19.1 Å². The lowest BCUT2D eigenvalue weighted by Gasteiger charge is -2.12. The number of alkyl halides is 3. The zero-order chi connectivity index (χ0) is 28.8. The van der Waals surface area contributed by atoms with Crippen LogP contribution in [0.15, 0.2) is 24.3 Å². The topological polar surface area (TPSA) is 152 Å². The van der Waals surface area contributed by atoms with Crippen molar-refractivity contribution in [2.24, 2.45) is 0 Å². The van der Waals surface area contributed by atoms with Gasteiger partial charge in [0.25, 0.3) is 5.91 Å². The summed E-state index contributed by atoms with van der Waals surface area (Å²) in [5.74, 6) is -3.56.